The molecule has 0 aromatic heterocycles. The van der Waals surface area contributed by atoms with Crippen LogP contribution in [0.25, 0.3) is 0 Å². The minimum absolute atomic E-state index is 0.482. The largest absolute Gasteiger partial charge is 0.467 e. The molecule has 1 fully saturated rings. The zero-order chi connectivity index (χ0) is 13.2. The van der Waals surface area contributed by atoms with Gasteiger partial charge < -0.3 is 18.9 Å². The molecule has 3 unspecified atom stereocenters. The second kappa shape index (κ2) is 5.06. The number of hydrogen-bond acceptors (Lipinski definition) is 5. The molecule has 0 aliphatic carbocycles. The highest BCUT2D eigenvalue weighted by molar-refractivity contribution is 5.76. The van der Waals surface area contributed by atoms with Crippen LogP contribution in [-0.4, -0.2) is 32.3 Å². The number of carbonyl (C=O) groups is 1. The number of ether oxygens (including phenoxy) is 4. The summed E-state index contributed by atoms with van der Waals surface area (Å²) in [7, 11) is 2.78. The van der Waals surface area contributed by atoms with E-state index in [2.05, 4.69) is 0 Å². The van der Waals surface area contributed by atoms with E-state index in [1.54, 1.807) is 6.92 Å². The molecule has 2 rings (SSSR count). The van der Waals surface area contributed by atoms with Gasteiger partial charge in [0, 0.05) is 14.0 Å². The minimum Gasteiger partial charge on any atom is -0.467 e. The maximum Gasteiger partial charge on any atom is 0.338 e. The number of rotatable bonds is 3. The van der Waals surface area contributed by atoms with Crippen LogP contribution in [0.4, 0.5) is 0 Å². The number of esters is 1. The first-order valence-electron chi connectivity index (χ1n) is 5.63. The monoisotopic (exact) mass is 252 g/mol. The molecule has 0 bridgehead atoms. The van der Waals surface area contributed by atoms with Crippen molar-refractivity contribution in [2.75, 3.05) is 14.2 Å². The fourth-order valence-corrected chi connectivity index (χ4v) is 1.88. The molecule has 5 nitrogen and oxygen atoms in total. The van der Waals surface area contributed by atoms with Crippen molar-refractivity contribution in [3.05, 3.63) is 35.9 Å². The van der Waals surface area contributed by atoms with Crippen LogP contribution >= 0.6 is 0 Å². The van der Waals surface area contributed by atoms with E-state index < -0.39 is 24.2 Å². The lowest BCUT2D eigenvalue weighted by Crippen LogP contribution is -2.31. The van der Waals surface area contributed by atoms with E-state index in [0.717, 1.165) is 5.56 Å². The van der Waals surface area contributed by atoms with E-state index in [-0.39, 0.29) is 0 Å². The maximum absolute atomic E-state index is 11.7. The average Bonchev–Trinajstić information content (AvgIpc) is 2.78. The molecule has 1 aliphatic heterocycles. The number of carbonyl (C=O) groups excluding carboxylic acids is 1. The minimum atomic E-state index is -1.24. The summed E-state index contributed by atoms with van der Waals surface area (Å²) in [5, 5.41) is 0. The zero-order valence-corrected chi connectivity index (χ0v) is 10.6. The molecule has 1 saturated heterocycles. The average molecular weight is 252 g/mol. The van der Waals surface area contributed by atoms with Crippen LogP contribution in [0, 0.1) is 0 Å². The lowest BCUT2D eigenvalue weighted by molar-refractivity contribution is -0.318. The third kappa shape index (κ3) is 2.38. The summed E-state index contributed by atoms with van der Waals surface area (Å²) in [6.07, 6.45) is -1.37. The van der Waals surface area contributed by atoms with Crippen LogP contribution in [0.15, 0.2) is 30.3 Å². The summed E-state index contributed by atoms with van der Waals surface area (Å²) in [6.45, 7) is 1.62. The molecule has 3 atom stereocenters. The highest BCUT2D eigenvalue weighted by Gasteiger charge is 2.49. The van der Waals surface area contributed by atoms with E-state index in [9.17, 15) is 4.79 Å². The Balaban J connectivity index is 2.29. The molecule has 0 amide bonds. The summed E-state index contributed by atoms with van der Waals surface area (Å²) >= 11 is 0. The Morgan fingerprint density at radius 1 is 1.22 bits per heavy atom. The molecule has 1 aromatic rings. The van der Waals surface area contributed by atoms with Gasteiger partial charge in [-0.3, -0.25) is 0 Å². The molecule has 0 spiro atoms. The van der Waals surface area contributed by atoms with Crippen LogP contribution < -0.4 is 0 Å². The smallest absolute Gasteiger partial charge is 0.338 e. The standard InChI is InChI=1S/C13H16O5/c1-13(16-3)17-10(9-7-5-4-6-8-9)11(18-13)12(14)15-2/h4-8,10-11H,1-3H3. The van der Waals surface area contributed by atoms with Crippen LogP contribution in [0.1, 0.15) is 18.6 Å². The van der Waals surface area contributed by atoms with Crippen LogP contribution in [0.3, 0.4) is 0 Å². The molecule has 1 aliphatic rings. The first-order valence-corrected chi connectivity index (χ1v) is 5.63. The van der Waals surface area contributed by atoms with E-state index >= 15 is 0 Å². The lowest BCUT2D eigenvalue weighted by Gasteiger charge is -2.20. The summed E-state index contributed by atoms with van der Waals surface area (Å²) in [6, 6.07) is 9.36. The Morgan fingerprint density at radius 2 is 1.89 bits per heavy atom. The van der Waals surface area contributed by atoms with E-state index in [1.165, 1.54) is 14.2 Å². The van der Waals surface area contributed by atoms with Gasteiger partial charge in [0.25, 0.3) is 5.97 Å². The Morgan fingerprint density at radius 3 is 2.44 bits per heavy atom. The van der Waals surface area contributed by atoms with Gasteiger partial charge in [0.1, 0.15) is 6.10 Å². The summed E-state index contributed by atoms with van der Waals surface area (Å²) < 4.78 is 21.0. The van der Waals surface area contributed by atoms with Gasteiger partial charge >= 0.3 is 5.97 Å². The summed E-state index contributed by atoms with van der Waals surface area (Å²) in [4.78, 5) is 11.7. The first kappa shape index (κ1) is 13.0. The molecular weight excluding hydrogens is 236 g/mol. The Bertz CT molecular complexity index is 419. The van der Waals surface area contributed by atoms with Crippen molar-refractivity contribution in [1.29, 1.82) is 0 Å². The molecule has 5 heteroatoms. The van der Waals surface area contributed by atoms with Gasteiger partial charge in [0.15, 0.2) is 6.10 Å². The zero-order valence-electron chi connectivity index (χ0n) is 10.6. The molecule has 18 heavy (non-hydrogen) atoms. The molecule has 1 heterocycles. The van der Waals surface area contributed by atoms with Crippen LogP contribution in [0.5, 0.6) is 0 Å². The molecule has 0 saturated carbocycles. The Kier molecular flexibility index (Phi) is 3.65. The van der Waals surface area contributed by atoms with Gasteiger partial charge in [-0.15, -0.1) is 0 Å². The third-order valence-electron chi connectivity index (χ3n) is 2.89. The van der Waals surface area contributed by atoms with Gasteiger partial charge in [-0.2, -0.15) is 0 Å². The first-order chi connectivity index (χ1) is 8.59. The quantitative estimate of drug-likeness (QED) is 0.765. The van der Waals surface area contributed by atoms with Crippen molar-refractivity contribution >= 4 is 5.97 Å². The van der Waals surface area contributed by atoms with Gasteiger partial charge in [0.05, 0.1) is 7.11 Å². The second-order valence-electron chi connectivity index (χ2n) is 4.08. The maximum atomic E-state index is 11.7. The van der Waals surface area contributed by atoms with E-state index in [0.29, 0.717) is 0 Å². The van der Waals surface area contributed by atoms with E-state index in [4.69, 9.17) is 18.9 Å². The normalized spacial score (nSPS) is 31.3. The van der Waals surface area contributed by atoms with Crippen molar-refractivity contribution in [1.82, 2.24) is 0 Å². The van der Waals surface area contributed by atoms with Crippen molar-refractivity contribution < 1.29 is 23.7 Å². The molecular formula is C13H16O5. The van der Waals surface area contributed by atoms with Crippen molar-refractivity contribution in [3.63, 3.8) is 0 Å². The van der Waals surface area contributed by atoms with Crippen LogP contribution in [-0.2, 0) is 23.7 Å². The second-order valence-corrected chi connectivity index (χ2v) is 4.08. The van der Waals surface area contributed by atoms with Crippen LogP contribution in [0.2, 0.25) is 0 Å². The predicted octanol–water partition coefficient (Wildman–Crippen LogP) is 1.64. The number of benzene rings is 1. The van der Waals surface area contributed by atoms with Gasteiger partial charge in [-0.25, -0.2) is 4.79 Å². The van der Waals surface area contributed by atoms with Crippen molar-refractivity contribution in [2.24, 2.45) is 0 Å². The molecule has 1 aromatic carbocycles. The highest BCUT2D eigenvalue weighted by Crippen LogP contribution is 2.39. The third-order valence-corrected chi connectivity index (χ3v) is 2.89. The van der Waals surface area contributed by atoms with Crippen molar-refractivity contribution in [2.45, 2.75) is 25.1 Å². The molecule has 0 radical (unpaired) electrons. The fraction of sp³-hybridized carbons (Fsp3) is 0.462. The Labute approximate surface area is 106 Å². The number of methoxy groups -OCH3 is 2. The number of hydrogen-bond donors (Lipinski definition) is 0. The van der Waals surface area contributed by atoms with Crippen molar-refractivity contribution in [3.8, 4) is 0 Å². The molecule has 98 valence electrons. The summed E-state index contributed by atoms with van der Waals surface area (Å²) in [5.74, 6) is -1.72. The van der Waals surface area contributed by atoms with Gasteiger partial charge in [-0.1, -0.05) is 30.3 Å². The van der Waals surface area contributed by atoms with Gasteiger partial charge in [0.2, 0.25) is 0 Å². The Hall–Kier alpha value is -1.43. The lowest BCUT2D eigenvalue weighted by atomic mass is 10.0. The fourth-order valence-electron chi connectivity index (χ4n) is 1.88. The SMILES string of the molecule is COC(=O)C1OC(C)(OC)OC1c1ccccc1. The topological polar surface area (TPSA) is 54.0 Å². The summed E-state index contributed by atoms with van der Waals surface area (Å²) in [5.41, 5.74) is 0.841. The van der Waals surface area contributed by atoms with Gasteiger partial charge in [-0.05, 0) is 5.56 Å². The molecule has 0 N–H and O–H groups in total. The predicted molar refractivity (Wildman–Crippen MR) is 62.6 cm³/mol. The highest BCUT2D eigenvalue weighted by atomic mass is 16.9. The van der Waals surface area contributed by atoms with E-state index in [1.807, 2.05) is 30.3 Å².